The van der Waals surface area contributed by atoms with Crippen LogP contribution in [-0.4, -0.2) is 24.3 Å². The molecule has 0 saturated heterocycles. The number of benzene rings is 2. The standard InChI is InChI=1S/C19H21Cl2NO2S/c1-2-17(24-18-6-4-3-5-16(18)21)19(23)22-11-12-25-13-14-7-9-15(20)10-8-14/h3-10,17H,2,11-13H2,1H3,(H,22,23)/t17-/m1/s1. The number of nitrogens with one attached hydrogen (secondary N) is 1. The first-order valence-corrected chi connectivity index (χ1v) is 10.0. The molecule has 0 bridgehead atoms. The molecule has 1 amide bonds. The molecule has 1 atom stereocenters. The molecule has 6 heteroatoms. The van der Waals surface area contributed by atoms with Crippen molar-refractivity contribution in [3.05, 3.63) is 64.1 Å². The number of amides is 1. The van der Waals surface area contributed by atoms with E-state index in [0.717, 1.165) is 16.5 Å². The molecule has 0 fully saturated rings. The number of carbonyl (C=O) groups excluding carboxylic acids is 1. The fourth-order valence-electron chi connectivity index (χ4n) is 2.15. The molecule has 0 aromatic heterocycles. The van der Waals surface area contributed by atoms with E-state index in [-0.39, 0.29) is 5.91 Å². The van der Waals surface area contributed by atoms with Crippen LogP contribution in [0.5, 0.6) is 5.75 Å². The van der Waals surface area contributed by atoms with Crippen molar-refractivity contribution >= 4 is 40.9 Å². The highest BCUT2D eigenvalue weighted by atomic mass is 35.5. The van der Waals surface area contributed by atoms with Crippen molar-refractivity contribution in [2.45, 2.75) is 25.2 Å². The lowest BCUT2D eigenvalue weighted by Gasteiger charge is -2.18. The summed E-state index contributed by atoms with van der Waals surface area (Å²) in [6, 6.07) is 15.0. The lowest BCUT2D eigenvalue weighted by atomic mass is 10.2. The normalized spacial score (nSPS) is 11.8. The molecular formula is C19H21Cl2NO2S. The molecule has 0 aliphatic heterocycles. The zero-order valence-electron chi connectivity index (χ0n) is 14.0. The number of ether oxygens (including phenoxy) is 1. The van der Waals surface area contributed by atoms with Crippen molar-refractivity contribution in [3.63, 3.8) is 0 Å². The molecule has 2 aromatic rings. The fraction of sp³-hybridized carbons (Fsp3) is 0.316. The zero-order chi connectivity index (χ0) is 18.1. The Kier molecular flexibility index (Phi) is 8.45. The molecular weight excluding hydrogens is 377 g/mol. The highest BCUT2D eigenvalue weighted by Crippen LogP contribution is 2.24. The van der Waals surface area contributed by atoms with Crippen molar-refractivity contribution in [1.82, 2.24) is 5.32 Å². The van der Waals surface area contributed by atoms with Gasteiger partial charge in [0.1, 0.15) is 5.75 Å². The number of rotatable bonds is 9. The van der Waals surface area contributed by atoms with E-state index in [9.17, 15) is 4.79 Å². The topological polar surface area (TPSA) is 38.3 Å². The van der Waals surface area contributed by atoms with Crippen LogP contribution in [0.15, 0.2) is 48.5 Å². The first-order chi connectivity index (χ1) is 12.1. The summed E-state index contributed by atoms with van der Waals surface area (Å²) in [5.74, 6) is 2.13. The third-order valence-electron chi connectivity index (χ3n) is 3.50. The highest BCUT2D eigenvalue weighted by Gasteiger charge is 2.18. The Morgan fingerprint density at radius 2 is 1.88 bits per heavy atom. The Morgan fingerprint density at radius 3 is 2.56 bits per heavy atom. The molecule has 0 unspecified atom stereocenters. The van der Waals surface area contributed by atoms with E-state index in [4.69, 9.17) is 27.9 Å². The molecule has 134 valence electrons. The summed E-state index contributed by atoms with van der Waals surface area (Å²) in [5.41, 5.74) is 1.22. The first-order valence-electron chi connectivity index (χ1n) is 8.11. The molecule has 3 nitrogen and oxygen atoms in total. The molecule has 25 heavy (non-hydrogen) atoms. The third kappa shape index (κ3) is 6.81. The van der Waals surface area contributed by atoms with E-state index in [2.05, 4.69) is 5.32 Å². The summed E-state index contributed by atoms with van der Waals surface area (Å²) in [4.78, 5) is 12.3. The third-order valence-corrected chi connectivity index (χ3v) is 5.09. The predicted molar refractivity (Wildman–Crippen MR) is 107 cm³/mol. The second-order valence-corrected chi connectivity index (χ2v) is 7.36. The van der Waals surface area contributed by atoms with Crippen molar-refractivity contribution in [1.29, 1.82) is 0 Å². The van der Waals surface area contributed by atoms with Crippen LogP contribution in [0, 0.1) is 0 Å². The fourth-order valence-corrected chi connectivity index (χ4v) is 3.27. The molecule has 0 heterocycles. The number of halogens is 2. The van der Waals surface area contributed by atoms with Crippen LogP contribution in [-0.2, 0) is 10.5 Å². The van der Waals surface area contributed by atoms with Crippen LogP contribution in [0.1, 0.15) is 18.9 Å². The van der Waals surface area contributed by atoms with Crippen LogP contribution in [0.3, 0.4) is 0 Å². The Hall–Kier alpha value is -1.36. The summed E-state index contributed by atoms with van der Waals surface area (Å²) in [6.45, 7) is 2.51. The summed E-state index contributed by atoms with van der Waals surface area (Å²) >= 11 is 13.7. The van der Waals surface area contributed by atoms with Gasteiger partial charge >= 0.3 is 0 Å². The zero-order valence-corrected chi connectivity index (χ0v) is 16.3. The highest BCUT2D eigenvalue weighted by molar-refractivity contribution is 7.98. The molecule has 0 radical (unpaired) electrons. The molecule has 0 saturated carbocycles. The van der Waals surface area contributed by atoms with Gasteiger partial charge in [-0.15, -0.1) is 0 Å². The minimum absolute atomic E-state index is 0.116. The summed E-state index contributed by atoms with van der Waals surface area (Å²) in [6.07, 6.45) is 0.0378. The van der Waals surface area contributed by atoms with E-state index < -0.39 is 6.10 Å². The molecule has 1 N–H and O–H groups in total. The maximum Gasteiger partial charge on any atom is 0.261 e. The summed E-state index contributed by atoms with van der Waals surface area (Å²) in [5, 5.41) is 4.17. The van der Waals surface area contributed by atoms with Crippen molar-refractivity contribution in [2.24, 2.45) is 0 Å². The second kappa shape index (κ2) is 10.6. The smallest absolute Gasteiger partial charge is 0.261 e. The van der Waals surface area contributed by atoms with Crippen molar-refractivity contribution in [2.75, 3.05) is 12.3 Å². The van der Waals surface area contributed by atoms with Gasteiger partial charge in [-0.1, -0.05) is 54.4 Å². The summed E-state index contributed by atoms with van der Waals surface area (Å²) < 4.78 is 5.73. The SMILES string of the molecule is CC[C@@H](Oc1ccccc1Cl)C(=O)NCCSCc1ccc(Cl)cc1. The number of carbonyl (C=O) groups is 1. The maximum atomic E-state index is 12.3. The first kappa shape index (κ1) is 20.0. The molecule has 0 aliphatic rings. The number of hydrogen-bond acceptors (Lipinski definition) is 3. The lowest BCUT2D eigenvalue weighted by molar-refractivity contribution is -0.127. The Morgan fingerprint density at radius 1 is 1.16 bits per heavy atom. The van der Waals surface area contributed by atoms with E-state index in [1.54, 1.807) is 23.9 Å². The largest absolute Gasteiger partial charge is 0.479 e. The van der Waals surface area contributed by atoms with Gasteiger partial charge in [0, 0.05) is 23.1 Å². The average molecular weight is 398 g/mol. The Bertz CT molecular complexity index is 679. The molecule has 0 aliphatic carbocycles. The van der Waals surface area contributed by atoms with Gasteiger partial charge in [0.2, 0.25) is 0 Å². The Labute approximate surface area is 163 Å². The maximum absolute atomic E-state index is 12.3. The minimum atomic E-state index is -0.541. The van der Waals surface area contributed by atoms with Gasteiger partial charge in [0.25, 0.3) is 5.91 Å². The average Bonchev–Trinajstić information content (AvgIpc) is 2.62. The number of hydrogen-bond donors (Lipinski definition) is 1. The number of para-hydroxylation sites is 1. The Balaban J connectivity index is 1.71. The van der Waals surface area contributed by atoms with Crippen LogP contribution in [0.4, 0.5) is 0 Å². The second-order valence-electron chi connectivity index (χ2n) is 5.42. The van der Waals surface area contributed by atoms with Crippen molar-refractivity contribution in [3.8, 4) is 5.75 Å². The van der Waals surface area contributed by atoms with Crippen LogP contribution >= 0.6 is 35.0 Å². The van der Waals surface area contributed by atoms with Gasteiger partial charge in [-0.25, -0.2) is 0 Å². The van der Waals surface area contributed by atoms with Gasteiger partial charge in [-0.2, -0.15) is 11.8 Å². The monoisotopic (exact) mass is 397 g/mol. The van der Waals surface area contributed by atoms with E-state index in [1.807, 2.05) is 43.3 Å². The molecule has 0 spiro atoms. The van der Waals surface area contributed by atoms with E-state index >= 15 is 0 Å². The van der Waals surface area contributed by atoms with Gasteiger partial charge in [0.05, 0.1) is 5.02 Å². The molecule has 2 aromatic carbocycles. The van der Waals surface area contributed by atoms with Gasteiger partial charge in [-0.3, -0.25) is 4.79 Å². The van der Waals surface area contributed by atoms with Gasteiger partial charge in [0.15, 0.2) is 6.10 Å². The predicted octanol–water partition coefficient (Wildman–Crippen LogP) is 5.20. The van der Waals surface area contributed by atoms with Crippen molar-refractivity contribution < 1.29 is 9.53 Å². The summed E-state index contributed by atoms with van der Waals surface area (Å²) in [7, 11) is 0. The number of thioether (sulfide) groups is 1. The van der Waals surface area contributed by atoms with E-state index in [0.29, 0.717) is 23.7 Å². The van der Waals surface area contributed by atoms with Crippen LogP contribution < -0.4 is 10.1 Å². The van der Waals surface area contributed by atoms with Gasteiger partial charge in [-0.05, 0) is 36.2 Å². The quantitative estimate of drug-likeness (QED) is 0.590. The van der Waals surface area contributed by atoms with E-state index in [1.165, 1.54) is 5.56 Å². The minimum Gasteiger partial charge on any atom is -0.479 e. The van der Waals surface area contributed by atoms with Crippen LogP contribution in [0.25, 0.3) is 0 Å². The van der Waals surface area contributed by atoms with Gasteiger partial charge < -0.3 is 10.1 Å². The molecule has 2 rings (SSSR count). The lowest BCUT2D eigenvalue weighted by Crippen LogP contribution is -2.39. The van der Waals surface area contributed by atoms with Crippen LogP contribution in [0.2, 0.25) is 10.0 Å².